The highest BCUT2D eigenvalue weighted by atomic mass is 127. The van der Waals surface area contributed by atoms with E-state index in [1.165, 1.54) is 32.4 Å². The fourth-order valence-electron chi connectivity index (χ4n) is 2.78. The van der Waals surface area contributed by atoms with E-state index in [0.29, 0.717) is 17.9 Å². The largest absolute Gasteiger partial charge is 0.382 e. The Morgan fingerprint density at radius 1 is 1.32 bits per heavy atom. The van der Waals surface area contributed by atoms with Gasteiger partial charge in [0.1, 0.15) is 0 Å². The zero-order valence-electron chi connectivity index (χ0n) is 14.5. The van der Waals surface area contributed by atoms with Crippen molar-refractivity contribution in [2.24, 2.45) is 16.6 Å². The van der Waals surface area contributed by atoms with Crippen LogP contribution in [0.5, 0.6) is 0 Å². The Kier molecular flexibility index (Phi) is 13.3. The molecule has 1 heterocycles. The molecule has 0 bridgehead atoms. The van der Waals surface area contributed by atoms with Crippen molar-refractivity contribution in [3.63, 3.8) is 0 Å². The molecule has 22 heavy (non-hydrogen) atoms. The standard InChI is InChI=1S/C16H34N4O.HI/c1-4-21-11-7-8-18-16(17)19-13-15(12-14(2)3)20-9-5-6-10-20;/h14-15H,4-13H2,1-3H3,(H3,17,18,19);1H. The minimum absolute atomic E-state index is 0. The highest BCUT2D eigenvalue weighted by molar-refractivity contribution is 14.0. The Morgan fingerprint density at radius 2 is 2.00 bits per heavy atom. The van der Waals surface area contributed by atoms with Gasteiger partial charge in [0.25, 0.3) is 0 Å². The average molecular weight is 426 g/mol. The van der Waals surface area contributed by atoms with Crippen LogP contribution in [0.4, 0.5) is 0 Å². The van der Waals surface area contributed by atoms with E-state index in [2.05, 4.69) is 29.1 Å². The van der Waals surface area contributed by atoms with Crippen molar-refractivity contribution in [3.05, 3.63) is 0 Å². The zero-order chi connectivity index (χ0) is 15.5. The normalized spacial score (nSPS) is 17.5. The first kappa shape index (κ1) is 21.9. The van der Waals surface area contributed by atoms with E-state index in [1.807, 2.05) is 6.92 Å². The summed E-state index contributed by atoms with van der Waals surface area (Å²) in [7, 11) is 0. The Balaban J connectivity index is 0.00000441. The van der Waals surface area contributed by atoms with Crippen molar-refractivity contribution in [1.82, 2.24) is 10.2 Å². The van der Waals surface area contributed by atoms with E-state index in [-0.39, 0.29) is 24.0 Å². The molecule has 1 fully saturated rings. The molecule has 1 rings (SSSR count). The number of hydrogen-bond donors (Lipinski definition) is 2. The molecular formula is C16H35IN4O. The monoisotopic (exact) mass is 426 g/mol. The molecule has 0 saturated carbocycles. The van der Waals surface area contributed by atoms with Crippen LogP contribution in [0.3, 0.4) is 0 Å². The number of nitrogens with zero attached hydrogens (tertiary/aromatic N) is 2. The van der Waals surface area contributed by atoms with Crippen LogP contribution < -0.4 is 11.1 Å². The molecule has 1 aliphatic rings. The number of aliphatic imine (C=N–C) groups is 1. The fraction of sp³-hybridized carbons (Fsp3) is 0.938. The molecule has 1 atom stereocenters. The summed E-state index contributed by atoms with van der Waals surface area (Å²) >= 11 is 0. The van der Waals surface area contributed by atoms with Gasteiger partial charge in [-0.1, -0.05) is 13.8 Å². The third-order valence-corrected chi connectivity index (χ3v) is 3.85. The molecule has 0 aromatic rings. The third-order valence-electron chi connectivity index (χ3n) is 3.85. The third kappa shape index (κ3) is 9.84. The van der Waals surface area contributed by atoms with Gasteiger partial charge in [0.2, 0.25) is 0 Å². The Labute approximate surface area is 153 Å². The van der Waals surface area contributed by atoms with Gasteiger partial charge in [-0.2, -0.15) is 0 Å². The maximum atomic E-state index is 5.95. The van der Waals surface area contributed by atoms with Gasteiger partial charge in [0, 0.05) is 25.8 Å². The van der Waals surface area contributed by atoms with Crippen LogP contribution in [0, 0.1) is 5.92 Å². The van der Waals surface area contributed by atoms with Gasteiger partial charge in [0.15, 0.2) is 5.96 Å². The van der Waals surface area contributed by atoms with Crippen molar-refractivity contribution in [2.45, 2.75) is 52.5 Å². The Morgan fingerprint density at radius 3 is 2.59 bits per heavy atom. The first-order valence-corrected chi connectivity index (χ1v) is 8.49. The number of guanidine groups is 1. The number of rotatable bonds is 10. The second kappa shape index (κ2) is 13.4. The molecular weight excluding hydrogens is 391 g/mol. The maximum absolute atomic E-state index is 5.95. The minimum Gasteiger partial charge on any atom is -0.382 e. The lowest BCUT2D eigenvalue weighted by atomic mass is 10.0. The first-order valence-electron chi connectivity index (χ1n) is 8.49. The first-order chi connectivity index (χ1) is 10.1. The zero-order valence-corrected chi connectivity index (χ0v) is 16.8. The van der Waals surface area contributed by atoms with Crippen LogP contribution in [0.1, 0.15) is 46.5 Å². The summed E-state index contributed by atoms with van der Waals surface area (Å²) in [5.41, 5.74) is 5.95. The summed E-state index contributed by atoms with van der Waals surface area (Å²) in [6.07, 6.45) is 4.81. The van der Waals surface area contributed by atoms with Crippen molar-refractivity contribution >= 4 is 29.9 Å². The van der Waals surface area contributed by atoms with Crippen molar-refractivity contribution < 1.29 is 4.74 Å². The SMILES string of the molecule is CCOCCCNC(N)=NCC(CC(C)C)N1CCCC1.I. The number of likely N-dealkylation sites (tertiary alicyclic amines) is 1. The molecule has 1 saturated heterocycles. The number of nitrogens with two attached hydrogens (primary N) is 1. The summed E-state index contributed by atoms with van der Waals surface area (Å²) in [5.74, 6) is 1.27. The van der Waals surface area contributed by atoms with Gasteiger partial charge in [-0.05, 0) is 51.6 Å². The second-order valence-electron chi connectivity index (χ2n) is 6.23. The van der Waals surface area contributed by atoms with E-state index < -0.39 is 0 Å². The van der Waals surface area contributed by atoms with E-state index in [4.69, 9.17) is 10.5 Å². The van der Waals surface area contributed by atoms with Crippen LogP contribution >= 0.6 is 24.0 Å². The van der Waals surface area contributed by atoms with Crippen molar-refractivity contribution in [1.29, 1.82) is 0 Å². The lowest BCUT2D eigenvalue weighted by Crippen LogP contribution is -2.39. The molecule has 0 radical (unpaired) electrons. The molecule has 0 amide bonds. The quantitative estimate of drug-likeness (QED) is 0.244. The molecule has 0 aliphatic carbocycles. The summed E-state index contributed by atoms with van der Waals surface area (Å²) in [5, 5.41) is 3.17. The molecule has 1 aliphatic heterocycles. The highest BCUT2D eigenvalue weighted by Gasteiger charge is 2.22. The molecule has 0 spiro atoms. The predicted molar refractivity (Wildman–Crippen MR) is 105 cm³/mol. The number of nitrogens with one attached hydrogen (secondary N) is 1. The highest BCUT2D eigenvalue weighted by Crippen LogP contribution is 2.17. The lowest BCUT2D eigenvalue weighted by Gasteiger charge is -2.27. The van der Waals surface area contributed by atoms with E-state index in [1.54, 1.807) is 0 Å². The minimum atomic E-state index is 0. The molecule has 5 nitrogen and oxygen atoms in total. The van der Waals surface area contributed by atoms with Gasteiger partial charge in [-0.25, -0.2) is 0 Å². The van der Waals surface area contributed by atoms with Crippen LogP contribution in [-0.2, 0) is 4.74 Å². The number of halogens is 1. The number of ether oxygens (including phenoxy) is 1. The molecule has 6 heteroatoms. The predicted octanol–water partition coefficient (Wildman–Crippen LogP) is 2.45. The molecule has 1 unspecified atom stereocenters. The fourth-order valence-corrected chi connectivity index (χ4v) is 2.78. The average Bonchev–Trinajstić information content (AvgIpc) is 2.97. The van der Waals surface area contributed by atoms with Gasteiger partial charge < -0.3 is 15.8 Å². The van der Waals surface area contributed by atoms with Crippen LogP contribution in [-0.4, -0.2) is 56.3 Å². The lowest BCUT2D eigenvalue weighted by molar-refractivity contribution is 0.145. The van der Waals surface area contributed by atoms with Gasteiger partial charge in [-0.15, -0.1) is 24.0 Å². The van der Waals surface area contributed by atoms with E-state index in [9.17, 15) is 0 Å². The van der Waals surface area contributed by atoms with E-state index in [0.717, 1.165) is 32.7 Å². The molecule has 0 aromatic carbocycles. The van der Waals surface area contributed by atoms with Crippen LogP contribution in [0.25, 0.3) is 0 Å². The molecule has 132 valence electrons. The van der Waals surface area contributed by atoms with Crippen LogP contribution in [0.15, 0.2) is 4.99 Å². The van der Waals surface area contributed by atoms with Crippen molar-refractivity contribution in [2.75, 3.05) is 39.4 Å². The van der Waals surface area contributed by atoms with Gasteiger partial charge in [0.05, 0.1) is 6.54 Å². The summed E-state index contributed by atoms with van der Waals surface area (Å²) < 4.78 is 5.30. The number of hydrogen-bond acceptors (Lipinski definition) is 3. The topological polar surface area (TPSA) is 62.9 Å². The van der Waals surface area contributed by atoms with Crippen molar-refractivity contribution in [3.8, 4) is 0 Å². The summed E-state index contributed by atoms with van der Waals surface area (Å²) in [4.78, 5) is 7.12. The Hall–Kier alpha value is -0.0800. The van der Waals surface area contributed by atoms with Crippen LogP contribution in [0.2, 0.25) is 0 Å². The summed E-state index contributed by atoms with van der Waals surface area (Å²) in [6.45, 7) is 12.2. The maximum Gasteiger partial charge on any atom is 0.188 e. The summed E-state index contributed by atoms with van der Waals surface area (Å²) in [6, 6.07) is 0.538. The Bertz CT molecular complexity index is 294. The van der Waals surface area contributed by atoms with Gasteiger partial charge in [-0.3, -0.25) is 9.89 Å². The smallest absolute Gasteiger partial charge is 0.188 e. The molecule has 0 aromatic heterocycles. The second-order valence-corrected chi connectivity index (χ2v) is 6.23. The van der Waals surface area contributed by atoms with E-state index >= 15 is 0 Å². The molecule has 3 N–H and O–H groups in total. The van der Waals surface area contributed by atoms with Gasteiger partial charge >= 0.3 is 0 Å².